The monoisotopic (exact) mass is 455 g/mol. The van der Waals surface area contributed by atoms with Gasteiger partial charge in [-0.05, 0) is 51.8 Å². The Hall–Kier alpha value is -2.33. The Kier molecular flexibility index (Phi) is 7.86. The van der Waals surface area contributed by atoms with Gasteiger partial charge in [0.1, 0.15) is 0 Å². The lowest BCUT2D eigenvalue weighted by Gasteiger charge is -2.12. The number of hydrogen-bond acceptors (Lipinski definition) is 8. The van der Waals surface area contributed by atoms with E-state index in [2.05, 4.69) is 36.2 Å². The van der Waals surface area contributed by atoms with Gasteiger partial charge in [0.05, 0.1) is 36.4 Å². The van der Waals surface area contributed by atoms with Crippen LogP contribution in [0.4, 0.5) is 0 Å². The first-order chi connectivity index (χ1) is 13.0. The number of ether oxygens (including phenoxy) is 3. The van der Waals surface area contributed by atoms with Gasteiger partial charge >= 0.3 is 5.97 Å². The van der Waals surface area contributed by atoms with Gasteiger partial charge in [0.25, 0.3) is 5.91 Å². The van der Waals surface area contributed by atoms with Crippen LogP contribution in [0.2, 0.25) is 0 Å². The number of nitrogens with one attached hydrogen (secondary N) is 1. The number of thioether (sulfide) groups is 1. The van der Waals surface area contributed by atoms with Crippen molar-refractivity contribution >= 4 is 51.0 Å². The first-order valence-corrected chi connectivity index (χ1v) is 9.49. The third kappa shape index (κ3) is 5.83. The molecule has 1 heterocycles. The summed E-state index contributed by atoms with van der Waals surface area (Å²) < 4.78 is 16.3. The molecule has 10 heteroatoms. The van der Waals surface area contributed by atoms with Crippen molar-refractivity contribution in [1.29, 1.82) is 0 Å². The number of esters is 1. The second-order valence-corrected chi connectivity index (χ2v) is 7.01. The summed E-state index contributed by atoms with van der Waals surface area (Å²) in [5, 5.41) is 10.7. The summed E-state index contributed by atoms with van der Waals surface area (Å²) in [6.07, 6.45) is 3.49. The molecule has 0 spiro atoms. The third-order valence-corrected chi connectivity index (χ3v) is 4.65. The Morgan fingerprint density at radius 2 is 2.15 bits per heavy atom. The lowest BCUT2D eigenvalue weighted by atomic mass is 10.2. The second kappa shape index (κ2) is 10.1. The molecule has 27 heavy (non-hydrogen) atoms. The number of rotatable bonds is 7. The van der Waals surface area contributed by atoms with E-state index in [1.807, 2.05) is 13.0 Å². The van der Waals surface area contributed by atoms with Gasteiger partial charge in [0, 0.05) is 6.08 Å². The number of benzene rings is 1. The number of hydrogen-bond donors (Lipinski definition) is 1. The average molecular weight is 456 g/mol. The first-order valence-electron chi connectivity index (χ1n) is 7.88. The van der Waals surface area contributed by atoms with Gasteiger partial charge in [-0.1, -0.05) is 6.92 Å². The normalized spacial score (nSPS) is 16.8. The predicted octanol–water partition coefficient (Wildman–Crippen LogP) is 2.86. The summed E-state index contributed by atoms with van der Waals surface area (Å²) in [6.45, 7) is 2.60. The Balaban J connectivity index is 2.13. The van der Waals surface area contributed by atoms with Crippen molar-refractivity contribution in [2.75, 3.05) is 20.8 Å². The van der Waals surface area contributed by atoms with E-state index >= 15 is 0 Å². The molecule has 0 saturated carbocycles. The number of methoxy groups -OCH3 is 2. The zero-order chi connectivity index (χ0) is 19.8. The van der Waals surface area contributed by atoms with E-state index in [0.717, 1.165) is 34.3 Å². The lowest BCUT2D eigenvalue weighted by molar-refractivity contribution is -0.135. The zero-order valence-electron chi connectivity index (χ0n) is 14.9. The molecular weight excluding hydrogens is 438 g/mol. The smallest absolute Gasteiger partial charge is 0.331 e. The van der Waals surface area contributed by atoms with E-state index in [4.69, 9.17) is 9.47 Å². The summed E-state index contributed by atoms with van der Waals surface area (Å²) in [4.78, 5) is 23.2. The number of amides is 1. The predicted molar refractivity (Wildman–Crippen MR) is 107 cm³/mol. The Bertz CT molecular complexity index is 823. The maximum Gasteiger partial charge on any atom is 0.331 e. The highest BCUT2D eigenvalue weighted by molar-refractivity contribution is 9.10. The lowest BCUT2D eigenvalue weighted by Crippen LogP contribution is -2.19. The molecule has 1 amide bonds. The summed E-state index contributed by atoms with van der Waals surface area (Å²) >= 11 is 4.46. The van der Waals surface area contributed by atoms with Crippen LogP contribution < -0.4 is 14.8 Å². The van der Waals surface area contributed by atoms with Gasteiger partial charge < -0.3 is 14.2 Å². The highest BCUT2D eigenvalue weighted by Crippen LogP contribution is 2.36. The van der Waals surface area contributed by atoms with E-state index in [1.165, 1.54) is 13.3 Å². The number of amidine groups is 1. The van der Waals surface area contributed by atoms with Crippen molar-refractivity contribution in [3.63, 3.8) is 0 Å². The first kappa shape index (κ1) is 21.0. The summed E-state index contributed by atoms with van der Waals surface area (Å²) in [5.41, 5.74) is 0.728. The van der Waals surface area contributed by atoms with Gasteiger partial charge in [-0.3, -0.25) is 10.1 Å². The zero-order valence-corrected chi connectivity index (χ0v) is 17.3. The minimum absolute atomic E-state index is 0.192. The van der Waals surface area contributed by atoms with Crippen LogP contribution in [0.1, 0.15) is 18.9 Å². The van der Waals surface area contributed by atoms with Gasteiger partial charge in [-0.2, -0.15) is 5.10 Å². The largest absolute Gasteiger partial charge is 0.493 e. The van der Waals surface area contributed by atoms with E-state index in [-0.39, 0.29) is 10.1 Å². The minimum Gasteiger partial charge on any atom is -0.493 e. The molecule has 0 atom stereocenters. The molecular formula is C17H18BrN3O5S. The van der Waals surface area contributed by atoms with E-state index < -0.39 is 11.9 Å². The Labute approximate surface area is 169 Å². The highest BCUT2D eigenvalue weighted by atomic mass is 79.9. The number of carbonyl (C=O) groups is 2. The quantitative estimate of drug-likeness (QED) is 0.293. The summed E-state index contributed by atoms with van der Waals surface area (Å²) in [7, 11) is 2.79. The van der Waals surface area contributed by atoms with E-state index in [9.17, 15) is 9.59 Å². The molecule has 1 saturated heterocycles. The maximum absolute atomic E-state index is 11.7. The molecule has 1 aromatic rings. The van der Waals surface area contributed by atoms with Crippen LogP contribution in [-0.2, 0) is 14.3 Å². The number of halogens is 1. The van der Waals surface area contributed by atoms with Crippen LogP contribution in [0.25, 0.3) is 0 Å². The van der Waals surface area contributed by atoms with Crippen LogP contribution >= 0.6 is 27.7 Å². The molecule has 0 bridgehead atoms. The van der Waals surface area contributed by atoms with Crippen LogP contribution in [-0.4, -0.2) is 44.1 Å². The second-order valence-electron chi connectivity index (χ2n) is 5.12. The fourth-order valence-electron chi connectivity index (χ4n) is 1.95. The number of nitrogens with zero attached hydrogens (tertiary/aromatic N) is 2. The Morgan fingerprint density at radius 3 is 2.81 bits per heavy atom. The molecule has 1 aliphatic heterocycles. The average Bonchev–Trinajstić information content (AvgIpc) is 2.99. The molecule has 2 rings (SSSR count). The SMILES string of the molecule is CCCOc1c(Br)cc(C=N/N=C2/NC(=O)/C(=C\C(=O)OC)S2)cc1OC. The molecule has 1 aliphatic rings. The molecule has 0 aromatic heterocycles. The third-order valence-electron chi connectivity index (χ3n) is 3.16. The minimum atomic E-state index is -0.611. The highest BCUT2D eigenvalue weighted by Gasteiger charge is 2.25. The molecule has 0 aliphatic carbocycles. The molecule has 1 aromatic carbocycles. The van der Waals surface area contributed by atoms with Crippen molar-refractivity contribution in [3.05, 3.63) is 33.2 Å². The van der Waals surface area contributed by atoms with Gasteiger partial charge in [0.2, 0.25) is 0 Å². The van der Waals surface area contributed by atoms with Crippen molar-refractivity contribution in [2.24, 2.45) is 10.2 Å². The van der Waals surface area contributed by atoms with Crippen molar-refractivity contribution in [1.82, 2.24) is 5.32 Å². The fourth-order valence-corrected chi connectivity index (χ4v) is 3.26. The maximum atomic E-state index is 11.7. The van der Waals surface area contributed by atoms with Gasteiger partial charge in [0.15, 0.2) is 16.7 Å². The van der Waals surface area contributed by atoms with Crippen LogP contribution in [0.5, 0.6) is 11.5 Å². The summed E-state index contributed by atoms with van der Waals surface area (Å²) in [6, 6.07) is 3.59. The molecule has 8 nitrogen and oxygen atoms in total. The number of carbonyl (C=O) groups excluding carboxylic acids is 2. The van der Waals surface area contributed by atoms with Crippen LogP contribution in [0.3, 0.4) is 0 Å². The standard InChI is InChI=1S/C17H18BrN3O5S/c1-4-5-26-15-11(18)6-10(7-12(15)24-2)9-19-21-17-20-16(23)13(27-17)8-14(22)25-3/h6-9H,4-5H2,1-3H3,(H,20,21,23)/b13-8+,19-9?. The van der Waals surface area contributed by atoms with Crippen molar-refractivity contribution in [3.8, 4) is 11.5 Å². The molecule has 0 radical (unpaired) electrons. The Morgan fingerprint density at radius 1 is 1.37 bits per heavy atom. The van der Waals surface area contributed by atoms with E-state index in [0.29, 0.717) is 18.1 Å². The van der Waals surface area contributed by atoms with Crippen molar-refractivity contribution in [2.45, 2.75) is 13.3 Å². The van der Waals surface area contributed by atoms with Crippen LogP contribution in [0, 0.1) is 0 Å². The molecule has 1 fully saturated rings. The van der Waals surface area contributed by atoms with Crippen molar-refractivity contribution < 1.29 is 23.8 Å². The van der Waals surface area contributed by atoms with Gasteiger partial charge in [-0.15, -0.1) is 5.10 Å². The topological polar surface area (TPSA) is 98.6 Å². The van der Waals surface area contributed by atoms with Gasteiger partial charge in [-0.25, -0.2) is 4.79 Å². The fraction of sp³-hybridized carbons (Fsp3) is 0.294. The summed E-state index contributed by atoms with van der Waals surface area (Å²) in [5.74, 6) is 0.152. The van der Waals surface area contributed by atoms with E-state index in [1.54, 1.807) is 13.2 Å². The molecule has 1 N–H and O–H groups in total. The molecule has 144 valence electrons. The molecule has 0 unspecified atom stereocenters. The van der Waals surface area contributed by atoms with Crippen LogP contribution in [0.15, 0.2) is 37.8 Å².